The Bertz CT molecular complexity index is 183. The van der Waals surface area contributed by atoms with E-state index in [-0.39, 0.29) is 6.42 Å². The first-order valence-corrected chi connectivity index (χ1v) is 4.30. The summed E-state index contributed by atoms with van der Waals surface area (Å²) >= 11 is 0. The third kappa shape index (κ3) is 1.84. The van der Waals surface area contributed by atoms with Gasteiger partial charge >= 0.3 is 0 Å². The zero-order valence-electron chi connectivity index (χ0n) is 7.71. The number of aliphatic hydroxyl groups excluding tert-OH is 3. The van der Waals surface area contributed by atoms with Gasteiger partial charge in [0.1, 0.15) is 11.7 Å². The predicted octanol–water partition coefficient (Wildman–Crippen LogP) is -1.41. The lowest BCUT2D eigenvalue weighted by Crippen LogP contribution is -2.59. The molecule has 78 valence electrons. The van der Waals surface area contributed by atoms with E-state index in [9.17, 15) is 15.3 Å². The topological polar surface area (TPSA) is 90.2 Å². The van der Waals surface area contributed by atoms with E-state index in [1.54, 1.807) is 6.92 Å². The molecule has 0 radical (unpaired) electrons. The van der Waals surface area contributed by atoms with Gasteiger partial charge in [-0.05, 0) is 13.8 Å². The third-order valence-electron chi connectivity index (χ3n) is 2.64. The average Bonchev–Trinajstić information content (AvgIpc) is 2.01. The summed E-state index contributed by atoms with van der Waals surface area (Å²) in [5, 5.41) is 37.5. The van der Waals surface area contributed by atoms with Crippen LogP contribution in [0.2, 0.25) is 0 Å². The fraction of sp³-hybridized carbons (Fsp3) is 1.00. The molecule has 5 nitrogen and oxygen atoms in total. The number of aliphatic hydroxyl groups is 4. The van der Waals surface area contributed by atoms with Gasteiger partial charge in [-0.15, -0.1) is 0 Å². The molecular weight excluding hydrogens is 176 g/mol. The van der Waals surface area contributed by atoms with Crippen molar-refractivity contribution in [1.82, 2.24) is 0 Å². The molecule has 0 aromatic heterocycles. The van der Waals surface area contributed by atoms with Crippen LogP contribution in [-0.4, -0.2) is 50.6 Å². The molecule has 0 amide bonds. The SMILES string of the molecule is CC(O)C1(O)CC(O)C(O)OC1C. The minimum Gasteiger partial charge on any atom is -0.390 e. The molecule has 1 aliphatic heterocycles. The van der Waals surface area contributed by atoms with Crippen LogP contribution in [0.3, 0.4) is 0 Å². The van der Waals surface area contributed by atoms with Crippen LogP contribution in [0.25, 0.3) is 0 Å². The highest BCUT2D eigenvalue weighted by atomic mass is 16.6. The van der Waals surface area contributed by atoms with Crippen LogP contribution in [0.4, 0.5) is 0 Å². The molecule has 0 spiro atoms. The van der Waals surface area contributed by atoms with Crippen LogP contribution in [0, 0.1) is 0 Å². The second kappa shape index (κ2) is 3.51. The molecule has 1 heterocycles. The molecule has 0 aliphatic carbocycles. The van der Waals surface area contributed by atoms with Crippen LogP contribution >= 0.6 is 0 Å². The molecule has 1 fully saturated rings. The lowest BCUT2D eigenvalue weighted by atomic mass is 9.84. The molecule has 1 rings (SSSR count). The number of rotatable bonds is 1. The lowest BCUT2D eigenvalue weighted by Gasteiger charge is -2.43. The molecular formula is C8H16O5. The van der Waals surface area contributed by atoms with E-state index in [0.717, 1.165) is 0 Å². The van der Waals surface area contributed by atoms with Crippen molar-refractivity contribution in [2.75, 3.05) is 0 Å². The number of hydrogen-bond donors (Lipinski definition) is 4. The Kier molecular flexibility index (Phi) is 2.94. The molecule has 0 aromatic carbocycles. The van der Waals surface area contributed by atoms with Crippen molar-refractivity contribution in [2.45, 2.75) is 50.5 Å². The number of ether oxygens (including phenoxy) is 1. The molecule has 0 saturated carbocycles. The van der Waals surface area contributed by atoms with Gasteiger partial charge < -0.3 is 25.2 Å². The van der Waals surface area contributed by atoms with Crippen molar-refractivity contribution in [2.24, 2.45) is 0 Å². The van der Waals surface area contributed by atoms with Crippen molar-refractivity contribution in [3.63, 3.8) is 0 Å². The molecule has 1 saturated heterocycles. The standard InChI is InChI=1S/C8H16O5/c1-4(9)8(12)3-6(10)7(11)13-5(8)2/h4-7,9-12H,3H2,1-2H3. The van der Waals surface area contributed by atoms with E-state index in [1.807, 2.05) is 0 Å². The molecule has 5 unspecified atom stereocenters. The van der Waals surface area contributed by atoms with Gasteiger partial charge in [0.2, 0.25) is 0 Å². The second-order valence-electron chi connectivity index (χ2n) is 3.61. The highest BCUT2D eigenvalue weighted by Gasteiger charge is 2.47. The Balaban J connectivity index is 2.76. The summed E-state index contributed by atoms with van der Waals surface area (Å²) < 4.78 is 4.87. The monoisotopic (exact) mass is 192 g/mol. The summed E-state index contributed by atoms with van der Waals surface area (Å²) in [6.07, 6.45) is -4.24. The Morgan fingerprint density at radius 3 is 2.46 bits per heavy atom. The van der Waals surface area contributed by atoms with Crippen LogP contribution in [0.15, 0.2) is 0 Å². The molecule has 0 bridgehead atoms. The molecule has 5 heteroatoms. The van der Waals surface area contributed by atoms with Gasteiger partial charge in [0, 0.05) is 6.42 Å². The smallest absolute Gasteiger partial charge is 0.181 e. The predicted molar refractivity (Wildman–Crippen MR) is 43.8 cm³/mol. The zero-order valence-corrected chi connectivity index (χ0v) is 7.71. The van der Waals surface area contributed by atoms with Gasteiger partial charge in [-0.2, -0.15) is 0 Å². The summed E-state index contributed by atoms with van der Waals surface area (Å²) in [4.78, 5) is 0. The largest absolute Gasteiger partial charge is 0.390 e. The first kappa shape index (κ1) is 10.9. The van der Waals surface area contributed by atoms with Crippen molar-refractivity contribution in [1.29, 1.82) is 0 Å². The van der Waals surface area contributed by atoms with Crippen LogP contribution in [0.5, 0.6) is 0 Å². The van der Waals surface area contributed by atoms with Crippen molar-refractivity contribution in [3.05, 3.63) is 0 Å². The van der Waals surface area contributed by atoms with Crippen molar-refractivity contribution in [3.8, 4) is 0 Å². The minimum absolute atomic E-state index is 0.0903. The number of hydrogen-bond acceptors (Lipinski definition) is 5. The maximum absolute atomic E-state index is 9.86. The average molecular weight is 192 g/mol. The van der Waals surface area contributed by atoms with Gasteiger partial charge in [-0.1, -0.05) is 0 Å². The van der Waals surface area contributed by atoms with E-state index >= 15 is 0 Å². The Morgan fingerprint density at radius 1 is 1.46 bits per heavy atom. The maximum Gasteiger partial charge on any atom is 0.181 e. The van der Waals surface area contributed by atoms with Crippen LogP contribution < -0.4 is 0 Å². The van der Waals surface area contributed by atoms with E-state index in [0.29, 0.717) is 0 Å². The Hall–Kier alpha value is -0.200. The van der Waals surface area contributed by atoms with Gasteiger partial charge in [0.05, 0.1) is 12.2 Å². The molecule has 0 aromatic rings. The second-order valence-corrected chi connectivity index (χ2v) is 3.61. The highest BCUT2D eigenvalue weighted by Crippen LogP contribution is 2.31. The van der Waals surface area contributed by atoms with Crippen LogP contribution in [0.1, 0.15) is 20.3 Å². The summed E-state index contributed by atoms with van der Waals surface area (Å²) in [6, 6.07) is 0. The highest BCUT2D eigenvalue weighted by molar-refractivity contribution is 4.95. The quantitative estimate of drug-likeness (QED) is 0.409. The van der Waals surface area contributed by atoms with E-state index < -0.39 is 30.2 Å². The first-order chi connectivity index (χ1) is 5.88. The summed E-state index contributed by atoms with van der Waals surface area (Å²) in [7, 11) is 0. The maximum atomic E-state index is 9.86. The van der Waals surface area contributed by atoms with E-state index in [4.69, 9.17) is 9.84 Å². The van der Waals surface area contributed by atoms with Gasteiger partial charge in [-0.3, -0.25) is 0 Å². The van der Waals surface area contributed by atoms with Gasteiger partial charge in [-0.25, -0.2) is 0 Å². The summed E-state index contributed by atoms with van der Waals surface area (Å²) in [5.74, 6) is 0. The Morgan fingerprint density at radius 2 is 2.00 bits per heavy atom. The summed E-state index contributed by atoms with van der Waals surface area (Å²) in [5.41, 5.74) is -1.49. The van der Waals surface area contributed by atoms with Gasteiger partial charge in [0.15, 0.2) is 6.29 Å². The lowest BCUT2D eigenvalue weighted by molar-refractivity contribution is -0.288. The van der Waals surface area contributed by atoms with E-state index in [1.165, 1.54) is 6.92 Å². The minimum atomic E-state index is -1.49. The third-order valence-corrected chi connectivity index (χ3v) is 2.64. The van der Waals surface area contributed by atoms with Crippen molar-refractivity contribution >= 4 is 0 Å². The normalized spacial score (nSPS) is 48.9. The Labute approximate surface area is 76.6 Å². The fourth-order valence-electron chi connectivity index (χ4n) is 1.53. The van der Waals surface area contributed by atoms with Crippen molar-refractivity contribution < 1.29 is 25.2 Å². The zero-order chi connectivity index (χ0) is 10.2. The van der Waals surface area contributed by atoms with E-state index in [2.05, 4.69) is 0 Å². The molecule has 5 atom stereocenters. The molecule has 1 aliphatic rings. The summed E-state index contributed by atoms with van der Waals surface area (Å²) in [6.45, 7) is 2.96. The fourth-order valence-corrected chi connectivity index (χ4v) is 1.53. The molecule has 13 heavy (non-hydrogen) atoms. The first-order valence-electron chi connectivity index (χ1n) is 4.30. The molecule has 4 N–H and O–H groups in total. The van der Waals surface area contributed by atoms with Crippen LogP contribution in [-0.2, 0) is 4.74 Å². The van der Waals surface area contributed by atoms with Gasteiger partial charge in [0.25, 0.3) is 0 Å².